The first-order chi connectivity index (χ1) is 13.3. The molecule has 1 aromatic heterocycles. The van der Waals surface area contributed by atoms with Gasteiger partial charge in [0.15, 0.2) is 5.78 Å². The Hall–Kier alpha value is -2.71. The molecule has 28 heavy (non-hydrogen) atoms. The van der Waals surface area contributed by atoms with Crippen molar-refractivity contribution in [3.8, 4) is 17.2 Å². The Morgan fingerprint density at radius 1 is 1.21 bits per heavy atom. The van der Waals surface area contributed by atoms with Gasteiger partial charge in [0.05, 0.1) is 17.6 Å². The monoisotopic (exact) mass is 392 g/mol. The van der Waals surface area contributed by atoms with Crippen LogP contribution < -0.4 is 5.32 Å². The third kappa shape index (κ3) is 3.18. The number of carbonyl (C=O) groups excluding carboxylic acids is 1. The van der Waals surface area contributed by atoms with Crippen molar-refractivity contribution in [2.24, 2.45) is 5.41 Å². The van der Waals surface area contributed by atoms with Gasteiger partial charge in [-0.1, -0.05) is 26.0 Å². The molecule has 1 atom stereocenters. The first-order valence-corrected chi connectivity index (χ1v) is 10.2. The van der Waals surface area contributed by atoms with E-state index in [1.165, 1.54) is 12.1 Å². The van der Waals surface area contributed by atoms with Crippen LogP contribution in [0.25, 0.3) is 11.1 Å². The number of hydrogen-bond acceptors (Lipinski definition) is 4. The molecule has 1 aromatic carbocycles. The largest absolute Gasteiger partial charge is 0.361 e. The van der Waals surface area contributed by atoms with Crippen LogP contribution in [0, 0.1) is 22.6 Å². The molecule has 2 heterocycles. The van der Waals surface area contributed by atoms with Gasteiger partial charge in [-0.05, 0) is 53.5 Å². The van der Waals surface area contributed by atoms with E-state index in [0.29, 0.717) is 12.0 Å². The van der Waals surface area contributed by atoms with E-state index in [1.807, 2.05) is 18.4 Å². The third-order valence-corrected chi connectivity index (χ3v) is 6.44. The summed E-state index contributed by atoms with van der Waals surface area (Å²) in [5, 5.41) is 15.1. The molecular weight excluding hydrogens is 371 g/mol. The van der Waals surface area contributed by atoms with Crippen molar-refractivity contribution in [1.82, 2.24) is 5.32 Å². The number of Topliss-reactive ketones (excluding diaryl/α,β-unsaturated/α-hetero) is 1. The molecule has 1 aliphatic carbocycles. The predicted octanol–water partition coefficient (Wildman–Crippen LogP) is 5.68. The lowest BCUT2D eigenvalue weighted by atomic mass is 9.70. The Bertz CT molecular complexity index is 1070. The van der Waals surface area contributed by atoms with Crippen LogP contribution in [-0.4, -0.2) is 5.78 Å². The van der Waals surface area contributed by atoms with E-state index in [-0.39, 0.29) is 22.9 Å². The van der Waals surface area contributed by atoms with Crippen molar-refractivity contribution in [2.45, 2.75) is 39.5 Å². The van der Waals surface area contributed by atoms with Crippen LogP contribution in [0.1, 0.15) is 44.4 Å². The average Bonchev–Trinajstić information content (AvgIpc) is 3.09. The summed E-state index contributed by atoms with van der Waals surface area (Å²) in [4.78, 5) is 14.0. The lowest BCUT2D eigenvalue weighted by Gasteiger charge is -2.38. The van der Waals surface area contributed by atoms with Gasteiger partial charge in [-0.25, -0.2) is 4.39 Å². The molecule has 0 unspecified atom stereocenters. The normalized spacial score (nSPS) is 21.2. The van der Waals surface area contributed by atoms with Gasteiger partial charge in [0, 0.05) is 28.3 Å². The molecule has 5 heteroatoms. The summed E-state index contributed by atoms with van der Waals surface area (Å²) in [7, 11) is 0. The minimum Gasteiger partial charge on any atom is -0.361 e. The van der Waals surface area contributed by atoms with Crippen molar-refractivity contribution in [3.63, 3.8) is 0 Å². The number of carbonyl (C=O) groups is 1. The molecule has 0 fully saturated rings. The van der Waals surface area contributed by atoms with Gasteiger partial charge < -0.3 is 5.32 Å². The highest BCUT2D eigenvalue weighted by Crippen LogP contribution is 2.48. The molecule has 0 radical (unpaired) electrons. The van der Waals surface area contributed by atoms with Gasteiger partial charge in [0.25, 0.3) is 0 Å². The van der Waals surface area contributed by atoms with E-state index in [0.717, 1.165) is 39.4 Å². The standard InChI is InChI=1S/C23H21FN2OS/c1-13-17(11-25)21(22-18(26-13)9-23(2,3)10-19(22)27)20-8-15(12-28-20)14-4-6-16(24)7-5-14/h4-8,12,21,26H,9-10H2,1-3H3/t21-/m0/s1. The predicted molar refractivity (Wildman–Crippen MR) is 109 cm³/mol. The van der Waals surface area contributed by atoms with Crippen LogP contribution in [0.3, 0.4) is 0 Å². The van der Waals surface area contributed by atoms with Crippen molar-refractivity contribution >= 4 is 17.1 Å². The Morgan fingerprint density at radius 2 is 1.93 bits per heavy atom. The second-order valence-corrected chi connectivity index (χ2v) is 9.23. The number of hydrogen-bond donors (Lipinski definition) is 1. The first kappa shape index (κ1) is 18.6. The number of dihydropyridines is 1. The minimum atomic E-state index is -0.330. The number of nitrogens with one attached hydrogen (secondary N) is 1. The maximum absolute atomic E-state index is 13.2. The van der Waals surface area contributed by atoms with Gasteiger partial charge in [-0.3, -0.25) is 4.79 Å². The Morgan fingerprint density at radius 3 is 2.61 bits per heavy atom. The van der Waals surface area contributed by atoms with E-state index < -0.39 is 0 Å². The molecule has 3 nitrogen and oxygen atoms in total. The van der Waals surface area contributed by atoms with Crippen molar-refractivity contribution in [2.75, 3.05) is 0 Å². The Kier molecular flexibility index (Phi) is 4.47. The lowest BCUT2D eigenvalue weighted by Crippen LogP contribution is -2.36. The molecule has 0 saturated carbocycles. The molecule has 4 rings (SSSR count). The molecule has 0 spiro atoms. The average molecular weight is 392 g/mol. The second-order valence-electron chi connectivity index (χ2n) is 8.29. The highest BCUT2D eigenvalue weighted by atomic mass is 32.1. The van der Waals surface area contributed by atoms with E-state index in [4.69, 9.17) is 0 Å². The molecule has 0 bridgehead atoms. The molecule has 2 aliphatic rings. The quantitative estimate of drug-likeness (QED) is 0.715. The Balaban J connectivity index is 1.81. The number of benzene rings is 1. The molecule has 142 valence electrons. The zero-order valence-electron chi connectivity index (χ0n) is 16.1. The number of halogens is 1. The van der Waals surface area contributed by atoms with Crippen LogP contribution in [0.2, 0.25) is 0 Å². The fourth-order valence-corrected chi connectivity index (χ4v) is 5.20. The summed E-state index contributed by atoms with van der Waals surface area (Å²) in [6, 6.07) is 10.7. The number of rotatable bonds is 2. The summed E-state index contributed by atoms with van der Waals surface area (Å²) in [5.41, 5.74) is 4.88. The summed E-state index contributed by atoms with van der Waals surface area (Å²) in [6.07, 6.45) is 1.27. The van der Waals surface area contributed by atoms with Crippen LogP contribution in [0.5, 0.6) is 0 Å². The van der Waals surface area contributed by atoms with Crippen LogP contribution in [-0.2, 0) is 4.79 Å². The zero-order valence-corrected chi connectivity index (χ0v) is 16.9. The zero-order chi connectivity index (χ0) is 20.1. The maximum Gasteiger partial charge on any atom is 0.162 e. The maximum atomic E-state index is 13.2. The number of thiophene rings is 1. The van der Waals surface area contributed by atoms with Crippen LogP contribution in [0.4, 0.5) is 4.39 Å². The third-order valence-electron chi connectivity index (χ3n) is 5.44. The molecule has 0 saturated heterocycles. The molecule has 2 aromatic rings. The summed E-state index contributed by atoms with van der Waals surface area (Å²) >= 11 is 1.54. The molecule has 1 aliphatic heterocycles. The van der Waals surface area contributed by atoms with E-state index in [2.05, 4.69) is 25.2 Å². The van der Waals surface area contributed by atoms with Gasteiger partial charge in [-0.2, -0.15) is 5.26 Å². The van der Waals surface area contributed by atoms with Gasteiger partial charge >= 0.3 is 0 Å². The van der Waals surface area contributed by atoms with E-state index in [9.17, 15) is 14.4 Å². The summed E-state index contributed by atoms with van der Waals surface area (Å²) in [5.74, 6) is -0.488. The first-order valence-electron chi connectivity index (χ1n) is 9.27. The van der Waals surface area contributed by atoms with Crippen LogP contribution >= 0.6 is 11.3 Å². The van der Waals surface area contributed by atoms with Gasteiger partial charge in [-0.15, -0.1) is 11.3 Å². The number of nitrogens with zero attached hydrogens (tertiary/aromatic N) is 1. The minimum absolute atomic E-state index is 0.0907. The smallest absolute Gasteiger partial charge is 0.162 e. The molecule has 0 amide bonds. The van der Waals surface area contributed by atoms with Crippen molar-refractivity contribution in [1.29, 1.82) is 5.26 Å². The SMILES string of the molecule is CC1=C(C#N)[C@@H](c2cc(-c3ccc(F)cc3)cs2)C2=C(CC(C)(C)CC2=O)N1. The molecule has 1 N–H and O–H groups in total. The highest BCUT2D eigenvalue weighted by Gasteiger charge is 2.41. The number of allylic oxidation sites excluding steroid dienone is 4. The lowest BCUT2D eigenvalue weighted by molar-refractivity contribution is -0.118. The van der Waals surface area contributed by atoms with Crippen LogP contribution in [0.15, 0.2) is 58.3 Å². The molecular formula is C23H21FN2OS. The number of ketones is 1. The topological polar surface area (TPSA) is 52.9 Å². The van der Waals surface area contributed by atoms with Gasteiger partial charge in [0.2, 0.25) is 0 Å². The van der Waals surface area contributed by atoms with E-state index >= 15 is 0 Å². The summed E-state index contributed by atoms with van der Waals surface area (Å²) < 4.78 is 13.2. The van der Waals surface area contributed by atoms with Crippen molar-refractivity contribution < 1.29 is 9.18 Å². The van der Waals surface area contributed by atoms with E-state index in [1.54, 1.807) is 23.5 Å². The summed E-state index contributed by atoms with van der Waals surface area (Å²) in [6.45, 7) is 6.10. The highest BCUT2D eigenvalue weighted by molar-refractivity contribution is 7.10. The fourth-order valence-electron chi connectivity index (χ4n) is 4.17. The number of nitriles is 1. The van der Waals surface area contributed by atoms with Gasteiger partial charge in [0.1, 0.15) is 5.82 Å². The van der Waals surface area contributed by atoms with Crippen molar-refractivity contribution in [3.05, 3.63) is 68.9 Å². The fraction of sp³-hybridized carbons (Fsp3) is 0.304. The Labute approximate surface area is 168 Å². The second kappa shape index (κ2) is 6.72.